The number of pyridine rings is 1. The number of aryl methyl sites for hydroxylation is 1. The van der Waals surface area contributed by atoms with E-state index in [-0.39, 0.29) is 5.97 Å². The fourth-order valence-electron chi connectivity index (χ4n) is 2.35. The molecule has 2 aromatic carbocycles. The van der Waals surface area contributed by atoms with E-state index in [2.05, 4.69) is 10.3 Å². The number of esters is 1. The number of rotatable bonds is 3. The lowest BCUT2D eigenvalue weighted by Gasteiger charge is -2.11. The number of carbonyl (C=O) groups excluding carboxylic acids is 1. The van der Waals surface area contributed by atoms with Crippen molar-refractivity contribution in [1.82, 2.24) is 4.98 Å². The highest BCUT2D eigenvalue weighted by molar-refractivity contribution is 6.32. The summed E-state index contributed by atoms with van der Waals surface area (Å²) in [5, 5.41) is 5.03. The summed E-state index contributed by atoms with van der Waals surface area (Å²) in [6.07, 6.45) is 1.74. The number of benzene rings is 2. The van der Waals surface area contributed by atoms with Gasteiger partial charge in [0.25, 0.3) is 0 Å². The summed E-state index contributed by atoms with van der Waals surface area (Å²) in [5.41, 5.74) is 4.15. The lowest BCUT2D eigenvalue weighted by Crippen LogP contribution is -2.01. The van der Waals surface area contributed by atoms with Crippen LogP contribution in [0.25, 0.3) is 10.9 Å². The lowest BCUT2D eigenvalue weighted by atomic mass is 10.1. The molecule has 23 heavy (non-hydrogen) atoms. The molecule has 0 unspecified atom stereocenters. The summed E-state index contributed by atoms with van der Waals surface area (Å²) < 4.78 is 4.70. The van der Waals surface area contributed by atoms with E-state index in [4.69, 9.17) is 16.3 Å². The van der Waals surface area contributed by atoms with Crippen molar-refractivity contribution >= 4 is 39.8 Å². The highest BCUT2D eigenvalue weighted by atomic mass is 35.5. The van der Waals surface area contributed by atoms with Crippen LogP contribution in [0.3, 0.4) is 0 Å². The molecule has 0 radical (unpaired) electrons. The van der Waals surface area contributed by atoms with Gasteiger partial charge in [-0.2, -0.15) is 0 Å². The maximum Gasteiger partial charge on any atom is 0.337 e. The van der Waals surface area contributed by atoms with Crippen LogP contribution in [0.2, 0.25) is 5.02 Å². The van der Waals surface area contributed by atoms with Crippen molar-refractivity contribution in [2.75, 3.05) is 12.4 Å². The first kappa shape index (κ1) is 15.3. The van der Waals surface area contributed by atoms with Crippen molar-refractivity contribution in [3.05, 3.63) is 64.8 Å². The van der Waals surface area contributed by atoms with E-state index < -0.39 is 0 Å². The van der Waals surface area contributed by atoms with Crippen LogP contribution < -0.4 is 5.32 Å². The third-order valence-electron chi connectivity index (χ3n) is 3.61. The van der Waals surface area contributed by atoms with E-state index in [1.807, 2.05) is 37.3 Å². The van der Waals surface area contributed by atoms with E-state index in [0.29, 0.717) is 10.6 Å². The minimum atomic E-state index is -0.351. The molecule has 0 saturated carbocycles. The van der Waals surface area contributed by atoms with Crippen molar-refractivity contribution < 1.29 is 9.53 Å². The SMILES string of the molecule is COC(=O)c1ccc(Nc2ccnc3cc(Cl)c(C)cc23)cc1. The van der Waals surface area contributed by atoms with Crippen LogP contribution in [0, 0.1) is 6.92 Å². The number of hydrogen-bond acceptors (Lipinski definition) is 4. The Morgan fingerprint density at radius 3 is 2.61 bits per heavy atom. The highest BCUT2D eigenvalue weighted by Gasteiger charge is 2.07. The summed E-state index contributed by atoms with van der Waals surface area (Å²) in [6.45, 7) is 1.96. The van der Waals surface area contributed by atoms with Crippen molar-refractivity contribution in [2.24, 2.45) is 0 Å². The molecule has 5 heteroatoms. The van der Waals surface area contributed by atoms with Crippen LogP contribution >= 0.6 is 11.6 Å². The zero-order chi connectivity index (χ0) is 16.4. The average molecular weight is 327 g/mol. The van der Waals surface area contributed by atoms with E-state index in [1.54, 1.807) is 18.3 Å². The minimum Gasteiger partial charge on any atom is -0.465 e. The van der Waals surface area contributed by atoms with Crippen molar-refractivity contribution in [1.29, 1.82) is 0 Å². The van der Waals surface area contributed by atoms with Crippen LogP contribution in [0.1, 0.15) is 15.9 Å². The van der Waals surface area contributed by atoms with E-state index in [1.165, 1.54) is 7.11 Å². The molecule has 0 aliphatic heterocycles. The van der Waals surface area contributed by atoms with Gasteiger partial charge in [-0.15, -0.1) is 0 Å². The third kappa shape index (κ3) is 3.12. The molecule has 0 bridgehead atoms. The van der Waals surface area contributed by atoms with Gasteiger partial charge in [-0.3, -0.25) is 4.98 Å². The van der Waals surface area contributed by atoms with Gasteiger partial charge in [0.2, 0.25) is 0 Å². The number of nitrogens with zero attached hydrogens (tertiary/aromatic N) is 1. The molecule has 4 nitrogen and oxygen atoms in total. The van der Waals surface area contributed by atoms with Crippen molar-refractivity contribution in [2.45, 2.75) is 6.92 Å². The summed E-state index contributed by atoms with van der Waals surface area (Å²) in [4.78, 5) is 15.8. The van der Waals surface area contributed by atoms with Gasteiger partial charge in [0.1, 0.15) is 0 Å². The molecule has 1 heterocycles. The predicted molar refractivity (Wildman–Crippen MR) is 92.6 cm³/mol. The number of anilines is 2. The normalized spacial score (nSPS) is 10.6. The van der Waals surface area contributed by atoms with E-state index >= 15 is 0 Å². The Kier molecular flexibility index (Phi) is 4.17. The van der Waals surface area contributed by atoms with E-state index in [0.717, 1.165) is 27.8 Å². The highest BCUT2D eigenvalue weighted by Crippen LogP contribution is 2.29. The molecule has 0 spiro atoms. The first-order valence-corrected chi connectivity index (χ1v) is 7.46. The van der Waals surface area contributed by atoms with Gasteiger partial charge in [0.15, 0.2) is 0 Å². The molecular weight excluding hydrogens is 312 g/mol. The Morgan fingerprint density at radius 1 is 1.17 bits per heavy atom. The second-order valence-electron chi connectivity index (χ2n) is 5.17. The Hall–Kier alpha value is -2.59. The van der Waals surface area contributed by atoms with Gasteiger partial charge in [0.05, 0.1) is 18.2 Å². The molecule has 0 fully saturated rings. The number of carbonyl (C=O) groups is 1. The number of ether oxygens (including phenoxy) is 1. The average Bonchev–Trinajstić information content (AvgIpc) is 2.56. The first-order chi connectivity index (χ1) is 11.1. The van der Waals surface area contributed by atoms with Crippen LogP contribution in [0.15, 0.2) is 48.7 Å². The molecule has 0 aliphatic rings. The monoisotopic (exact) mass is 326 g/mol. The molecule has 1 aromatic heterocycles. The number of methoxy groups -OCH3 is 1. The second-order valence-corrected chi connectivity index (χ2v) is 5.58. The van der Waals surface area contributed by atoms with Gasteiger partial charge in [0, 0.05) is 28.0 Å². The number of nitrogens with one attached hydrogen (secondary N) is 1. The summed E-state index contributed by atoms with van der Waals surface area (Å²) >= 11 is 6.16. The van der Waals surface area contributed by atoms with Gasteiger partial charge in [-0.25, -0.2) is 4.79 Å². The standard InChI is InChI=1S/C18H15ClN2O2/c1-11-9-14-16(7-8-20-17(14)10-15(11)19)21-13-5-3-12(4-6-13)18(22)23-2/h3-10H,1-2H3,(H,20,21). The lowest BCUT2D eigenvalue weighted by molar-refractivity contribution is 0.0601. The molecule has 0 saturated heterocycles. The summed E-state index contributed by atoms with van der Waals surface area (Å²) in [7, 11) is 1.37. The molecule has 1 N–H and O–H groups in total. The van der Waals surface area contributed by atoms with Crippen LogP contribution in [-0.4, -0.2) is 18.1 Å². The van der Waals surface area contributed by atoms with Crippen LogP contribution in [-0.2, 0) is 4.74 Å². The zero-order valence-electron chi connectivity index (χ0n) is 12.8. The molecule has 3 rings (SSSR count). The number of aromatic nitrogens is 1. The molecular formula is C18H15ClN2O2. The third-order valence-corrected chi connectivity index (χ3v) is 4.01. The van der Waals surface area contributed by atoms with Crippen molar-refractivity contribution in [3.8, 4) is 0 Å². The summed E-state index contributed by atoms with van der Waals surface area (Å²) in [5.74, 6) is -0.351. The molecule has 3 aromatic rings. The minimum absolute atomic E-state index is 0.351. The predicted octanol–water partition coefficient (Wildman–Crippen LogP) is 4.73. The Labute approximate surface area is 139 Å². The molecule has 0 amide bonds. The number of hydrogen-bond donors (Lipinski definition) is 1. The fraction of sp³-hybridized carbons (Fsp3) is 0.111. The van der Waals surface area contributed by atoms with Gasteiger partial charge >= 0.3 is 5.97 Å². The van der Waals surface area contributed by atoms with E-state index in [9.17, 15) is 4.79 Å². The topological polar surface area (TPSA) is 51.2 Å². The second kappa shape index (κ2) is 6.26. The number of fused-ring (bicyclic) bond motifs is 1. The van der Waals surface area contributed by atoms with Gasteiger partial charge in [-0.05, 0) is 55.0 Å². The quantitative estimate of drug-likeness (QED) is 0.707. The van der Waals surface area contributed by atoms with Gasteiger partial charge in [-0.1, -0.05) is 11.6 Å². The maximum atomic E-state index is 11.5. The zero-order valence-corrected chi connectivity index (χ0v) is 13.5. The smallest absolute Gasteiger partial charge is 0.337 e. The number of halogens is 1. The van der Waals surface area contributed by atoms with Crippen molar-refractivity contribution in [3.63, 3.8) is 0 Å². The fourth-order valence-corrected chi connectivity index (χ4v) is 2.51. The Bertz CT molecular complexity index is 876. The first-order valence-electron chi connectivity index (χ1n) is 7.09. The van der Waals surface area contributed by atoms with Crippen LogP contribution in [0.5, 0.6) is 0 Å². The van der Waals surface area contributed by atoms with Gasteiger partial charge < -0.3 is 10.1 Å². The molecule has 116 valence electrons. The van der Waals surface area contributed by atoms with Crippen LogP contribution in [0.4, 0.5) is 11.4 Å². The Balaban J connectivity index is 1.95. The maximum absolute atomic E-state index is 11.5. The largest absolute Gasteiger partial charge is 0.465 e. The molecule has 0 aliphatic carbocycles. The molecule has 0 atom stereocenters. The Morgan fingerprint density at radius 2 is 1.91 bits per heavy atom. The summed E-state index contributed by atoms with van der Waals surface area (Å²) in [6, 6.07) is 12.9.